The van der Waals surface area contributed by atoms with E-state index in [-0.39, 0.29) is 5.97 Å². The summed E-state index contributed by atoms with van der Waals surface area (Å²) in [5, 5.41) is 3.30. The number of esters is 1. The molecule has 4 atom stereocenters. The lowest BCUT2D eigenvalue weighted by Gasteiger charge is -2.44. The normalized spacial score (nSPS) is 28.7. The van der Waals surface area contributed by atoms with Crippen molar-refractivity contribution in [1.82, 2.24) is 10.2 Å². The lowest BCUT2D eigenvalue weighted by atomic mass is 9.87. The van der Waals surface area contributed by atoms with Crippen LogP contribution in [0.25, 0.3) is 0 Å². The van der Waals surface area contributed by atoms with E-state index >= 15 is 0 Å². The number of nitrogens with zero attached hydrogens (tertiary/aromatic N) is 1. The number of piperidine rings is 1. The van der Waals surface area contributed by atoms with Crippen molar-refractivity contribution in [2.75, 3.05) is 20.2 Å². The van der Waals surface area contributed by atoms with Gasteiger partial charge >= 0.3 is 5.97 Å². The third-order valence-corrected chi connectivity index (χ3v) is 4.90. The number of carbonyl (C=O) groups excluding carboxylic acids is 1. The second-order valence-corrected chi connectivity index (χ2v) is 6.51. The Labute approximate surface area is 124 Å². The first-order chi connectivity index (χ1) is 9.35. The molecule has 1 rings (SSSR count). The van der Waals surface area contributed by atoms with E-state index in [1.54, 1.807) is 0 Å². The first-order valence-corrected chi connectivity index (χ1v) is 7.95. The van der Waals surface area contributed by atoms with E-state index in [2.05, 4.69) is 31.0 Å². The zero-order chi connectivity index (χ0) is 15.3. The van der Waals surface area contributed by atoms with Crippen LogP contribution in [0, 0.1) is 5.92 Å². The van der Waals surface area contributed by atoms with Gasteiger partial charge in [-0.3, -0.25) is 9.69 Å². The molecule has 0 aromatic heterocycles. The third-order valence-electron chi connectivity index (χ3n) is 4.90. The highest BCUT2D eigenvalue weighted by atomic mass is 16.5. The fourth-order valence-electron chi connectivity index (χ4n) is 3.54. The predicted octanol–water partition coefficient (Wildman–Crippen LogP) is 2.43. The molecule has 118 valence electrons. The molecule has 0 radical (unpaired) electrons. The van der Waals surface area contributed by atoms with Crippen LogP contribution in [0.5, 0.6) is 0 Å². The lowest BCUT2D eigenvalue weighted by Crippen LogP contribution is -2.56. The molecule has 4 nitrogen and oxygen atoms in total. The molecular weight excluding hydrogens is 252 g/mol. The van der Waals surface area contributed by atoms with E-state index in [0.717, 1.165) is 25.4 Å². The van der Waals surface area contributed by atoms with E-state index in [1.165, 1.54) is 20.0 Å². The molecule has 0 bridgehead atoms. The molecule has 0 amide bonds. The van der Waals surface area contributed by atoms with E-state index < -0.39 is 5.54 Å². The summed E-state index contributed by atoms with van der Waals surface area (Å²) in [5.41, 5.74) is -0.594. The summed E-state index contributed by atoms with van der Waals surface area (Å²) in [6, 6.07) is 0.957. The van der Waals surface area contributed by atoms with Gasteiger partial charge in [-0.15, -0.1) is 0 Å². The van der Waals surface area contributed by atoms with Crippen LogP contribution >= 0.6 is 0 Å². The second kappa shape index (κ2) is 7.41. The van der Waals surface area contributed by atoms with Crippen LogP contribution in [-0.4, -0.2) is 48.7 Å². The molecule has 0 aromatic carbocycles. The zero-order valence-corrected chi connectivity index (χ0v) is 14.0. The summed E-state index contributed by atoms with van der Waals surface area (Å²) < 4.78 is 4.98. The van der Waals surface area contributed by atoms with Crippen LogP contribution in [0.3, 0.4) is 0 Å². The average molecular weight is 284 g/mol. The van der Waals surface area contributed by atoms with Gasteiger partial charge < -0.3 is 10.1 Å². The number of hydrogen-bond donors (Lipinski definition) is 1. The van der Waals surface area contributed by atoms with E-state index in [1.807, 2.05) is 13.8 Å². The Hall–Kier alpha value is -0.610. The Bertz CT molecular complexity index is 322. The fourth-order valence-corrected chi connectivity index (χ4v) is 3.54. The van der Waals surface area contributed by atoms with Crippen LogP contribution in [0.2, 0.25) is 0 Å². The molecule has 1 aliphatic heterocycles. The van der Waals surface area contributed by atoms with Crippen LogP contribution < -0.4 is 5.32 Å². The van der Waals surface area contributed by atoms with Crippen molar-refractivity contribution in [2.24, 2.45) is 5.92 Å². The summed E-state index contributed by atoms with van der Waals surface area (Å²) in [6.45, 7) is 12.7. The first kappa shape index (κ1) is 17.4. The van der Waals surface area contributed by atoms with E-state index in [0.29, 0.717) is 12.1 Å². The molecule has 1 fully saturated rings. The maximum absolute atomic E-state index is 12.1. The van der Waals surface area contributed by atoms with Crippen molar-refractivity contribution >= 4 is 5.97 Å². The summed E-state index contributed by atoms with van der Waals surface area (Å²) in [4.78, 5) is 14.6. The number of hydrogen-bond acceptors (Lipinski definition) is 4. The van der Waals surface area contributed by atoms with Crippen molar-refractivity contribution < 1.29 is 9.53 Å². The Morgan fingerprint density at radius 3 is 2.70 bits per heavy atom. The minimum Gasteiger partial charge on any atom is -0.468 e. The Kier molecular flexibility index (Phi) is 6.46. The minimum atomic E-state index is -0.594. The van der Waals surface area contributed by atoms with E-state index in [4.69, 9.17) is 4.74 Å². The molecule has 20 heavy (non-hydrogen) atoms. The monoisotopic (exact) mass is 284 g/mol. The molecule has 0 aromatic rings. The van der Waals surface area contributed by atoms with Crippen molar-refractivity contribution in [1.29, 1.82) is 0 Å². The van der Waals surface area contributed by atoms with Gasteiger partial charge in [-0.05, 0) is 59.0 Å². The van der Waals surface area contributed by atoms with Gasteiger partial charge in [0.05, 0.1) is 7.11 Å². The molecule has 4 unspecified atom stereocenters. The van der Waals surface area contributed by atoms with Crippen LogP contribution in [-0.2, 0) is 9.53 Å². The van der Waals surface area contributed by atoms with Crippen LogP contribution in [0.4, 0.5) is 0 Å². The smallest absolute Gasteiger partial charge is 0.325 e. The largest absolute Gasteiger partial charge is 0.468 e. The molecule has 0 aliphatic carbocycles. The topological polar surface area (TPSA) is 41.6 Å². The van der Waals surface area contributed by atoms with Gasteiger partial charge in [0, 0.05) is 12.1 Å². The molecular formula is C16H32N2O2. The van der Waals surface area contributed by atoms with E-state index in [9.17, 15) is 4.79 Å². The van der Waals surface area contributed by atoms with Crippen molar-refractivity contribution in [3.05, 3.63) is 0 Å². The molecule has 1 aliphatic rings. The fraction of sp³-hybridized carbons (Fsp3) is 0.938. The Balaban J connectivity index is 2.75. The third kappa shape index (κ3) is 3.95. The number of likely N-dealkylation sites (N-methyl/N-ethyl adjacent to an activating group) is 1. The summed E-state index contributed by atoms with van der Waals surface area (Å²) in [6.07, 6.45) is 3.35. The molecule has 1 N–H and O–H groups in total. The molecule has 0 spiro atoms. The van der Waals surface area contributed by atoms with Crippen LogP contribution in [0.15, 0.2) is 0 Å². The summed E-state index contributed by atoms with van der Waals surface area (Å²) in [7, 11) is 1.47. The highest BCUT2D eigenvalue weighted by Gasteiger charge is 2.38. The van der Waals surface area contributed by atoms with Crippen molar-refractivity contribution in [3.8, 4) is 0 Å². The minimum absolute atomic E-state index is 0.163. The predicted molar refractivity (Wildman–Crippen MR) is 82.7 cm³/mol. The standard InChI is InChI=1S/C16H32N2O2/c1-7-17-16(5,15(19)20-6)11-13(3)18-10-8-9-12(2)14(18)4/h12-14,17H,7-11H2,1-6H3. The molecule has 0 saturated carbocycles. The molecule has 1 saturated heterocycles. The number of ether oxygens (including phenoxy) is 1. The Morgan fingerprint density at radius 1 is 1.50 bits per heavy atom. The molecule has 4 heteroatoms. The van der Waals surface area contributed by atoms with Gasteiger partial charge in [-0.2, -0.15) is 0 Å². The van der Waals surface area contributed by atoms with Gasteiger partial charge in [0.25, 0.3) is 0 Å². The van der Waals surface area contributed by atoms with Crippen molar-refractivity contribution in [2.45, 2.75) is 71.5 Å². The number of rotatable bonds is 6. The quantitative estimate of drug-likeness (QED) is 0.761. The number of carbonyl (C=O) groups is 1. The lowest BCUT2D eigenvalue weighted by molar-refractivity contribution is -0.149. The van der Waals surface area contributed by atoms with Gasteiger partial charge in [0.1, 0.15) is 5.54 Å². The van der Waals surface area contributed by atoms with Gasteiger partial charge in [-0.1, -0.05) is 13.8 Å². The number of likely N-dealkylation sites (tertiary alicyclic amines) is 1. The summed E-state index contributed by atoms with van der Waals surface area (Å²) >= 11 is 0. The maximum atomic E-state index is 12.1. The number of methoxy groups -OCH3 is 1. The highest BCUT2D eigenvalue weighted by molar-refractivity contribution is 5.80. The highest BCUT2D eigenvalue weighted by Crippen LogP contribution is 2.28. The Morgan fingerprint density at radius 2 is 2.15 bits per heavy atom. The van der Waals surface area contributed by atoms with Gasteiger partial charge in [0.15, 0.2) is 0 Å². The van der Waals surface area contributed by atoms with Crippen molar-refractivity contribution in [3.63, 3.8) is 0 Å². The molecule has 1 heterocycles. The second-order valence-electron chi connectivity index (χ2n) is 6.51. The first-order valence-electron chi connectivity index (χ1n) is 7.95. The SMILES string of the molecule is CCNC(C)(CC(C)N1CCCC(C)C1C)C(=O)OC. The maximum Gasteiger partial charge on any atom is 0.325 e. The van der Waals surface area contributed by atoms with Gasteiger partial charge in [-0.25, -0.2) is 0 Å². The van der Waals surface area contributed by atoms with Crippen LogP contribution in [0.1, 0.15) is 53.9 Å². The summed E-state index contributed by atoms with van der Waals surface area (Å²) in [5.74, 6) is 0.568. The average Bonchev–Trinajstić information content (AvgIpc) is 2.40. The van der Waals surface area contributed by atoms with Gasteiger partial charge in [0.2, 0.25) is 0 Å². The number of nitrogens with one attached hydrogen (secondary N) is 1. The zero-order valence-electron chi connectivity index (χ0n) is 14.0.